The first-order valence-electron chi connectivity index (χ1n) is 6.10. The van der Waals surface area contributed by atoms with E-state index in [-0.39, 0.29) is 17.8 Å². The summed E-state index contributed by atoms with van der Waals surface area (Å²) in [4.78, 5) is 0. The van der Waals surface area contributed by atoms with E-state index in [9.17, 15) is 4.39 Å². The molecule has 3 heteroatoms. The van der Waals surface area contributed by atoms with Gasteiger partial charge in [-0.25, -0.2) is 4.39 Å². The first kappa shape index (κ1) is 13.9. The summed E-state index contributed by atoms with van der Waals surface area (Å²) in [5.74, 6) is 0.302. The van der Waals surface area contributed by atoms with E-state index in [1.165, 1.54) is 6.07 Å². The highest BCUT2D eigenvalue weighted by Crippen LogP contribution is 2.26. The van der Waals surface area contributed by atoms with Crippen LogP contribution in [0.1, 0.15) is 23.7 Å². The van der Waals surface area contributed by atoms with Crippen LogP contribution in [0.4, 0.5) is 4.39 Å². The lowest BCUT2D eigenvalue weighted by atomic mass is 10.1. The van der Waals surface area contributed by atoms with Crippen LogP contribution in [-0.2, 0) is 5.88 Å². The van der Waals surface area contributed by atoms with Gasteiger partial charge in [-0.05, 0) is 25.0 Å². The summed E-state index contributed by atoms with van der Waals surface area (Å²) in [7, 11) is 0. The highest BCUT2D eigenvalue weighted by atomic mass is 35.5. The summed E-state index contributed by atoms with van der Waals surface area (Å²) < 4.78 is 19.4. The minimum atomic E-state index is -0.344. The van der Waals surface area contributed by atoms with E-state index in [2.05, 4.69) is 6.92 Å². The van der Waals surface area contributed by atoms with E-state index in [1.807, 2.05) is 30.3 Å². The molecule has 0 saturated heterocycles. The summed E-state index contributed by atoms with van der Waals surface area (Å²) in [5, 5.41) is 0. The molecule has 1 atom stereocenters. The number of benzene rings is 2. The highest BCUT2D eigenvalue weighted by Gasteiger charge is 2.12. The molecule has 1 nitrogen and oxygen atoms in total. The Labute approximate surface area is 118 Å². The Kier molecular flexibility index (Phi) is 4.80. The molecule has 0 unspecified atom stereocenters. The maximum atomic E-state index is 13.6. The van der Waals surface area contributed by atoms with Crippen LogP contribution in [0.25, 0.3) is 0 Å². The third-order valence-corrected chi connectivity index (χ3v) is 3.17. The first-order valence-corrected chi connectivity index (χ1v) is 6.63. The Morgan fingerprint density at radius 2 is 1.89 bits per heavy atom. The number of alkyl halides is 1. The van der Waals surface area contributed by atoms with Gasteiger partial charge in [-0.3, -0.25) is 0 Å². The van der Waals surface area contributed by atoms with Gasteiger partial charge in [0, 0.05) is 11.6 Å². The average Bonchev–Trinajstić information content (AvgIpc) is 2.46. The largest absolute Gasteiger partial charge is 0.486 e. The van der Waals surface area contributed by atoms with Crippen LogP contribution in [0.15, 0.2) is 48.5 Å². The topological polar surface area (TPSA) is 9.23 Å². The van der Waals surface area contributed by atoms with Crippen molar-refractivity contribution in [3.05, 3.63) is 72.4 Å². The van der Waals surface area contributed by atoms with Crippen LogP contribution in [0.2, 0.25) is 0 Å². The predicted octanol–water partition coefficient (Wildman–Crippen LogP) is 4.91. The number of ether oxygens (including phenoxy) is 1. The molecular weight excluding hydrogens is 263 g/mol. The van der Waals surface area contributed by atoms with Crippen molar-refractivity contribution in [3.63, 3.8) is 0 Å². The fourth-order valence-corrected chi connectivity index (χ4v) is 2.05. The molecule has 2 rings (SSSR count). The molecule has 0 aromatic heterocycles. The van der Waals surface area contributed by atoms with Gasteiger partial charge in [0.25, 0.3) is 0 Å². The number of hydrogen-bond acceptors (Lipinski definition) is 1. The number of rotatable bonds is 5. The summed E-state index contributed by atoms with van der Waals surface area (Å²) in [6, 6.07) is 14.5. The summed E-state index contributed by atoms with van der Waals surface area (Å²) in [6.45, 7) is 3.87. The Hall–Kier alpha value is -1.54. The second kappa shape index (κ2) is 6.58. The Balaban J connectivity index is 2.17. The van der Waals surface area contributed by atoms with E-state index in [4.69, 9.17) is 16.3 Å². The second-order valence-electron chi connectivity index (χ2n) is 4.19. The highest BCUT2D eigenvalue weighted by molar-refractivity contribution is 6.17. The minimum Gasteiger partial charge on any atom is -0.486 e. The summed E-state index contributed by atoms with van der Waals surface area (Å²) in [6.07, 6.45) is 0.394. The van der Waals surface area contributed by atoms with Gasteiger partial charge in [-0.15, -0.1) is 11.6 Å². The van der Waals surface area contributed by atoms with Crippen molar-refractivity contribution in [1.29, 1.82) is 0 Å². The molecule has 0 spiro atoms. The van der Waals surface area contributed by atoms with Crippen molar-refractivity contribution >= 4 is 11.6 Å². The van der Waals surface area contributed by atoms with Crippen molar-refractivity contribution in [2.24, 2.45) is 0 Å². The number of hydrogen-bond donors (Lipinski definition) is 0. The third-order valence-electron chi connectivity index (χ3n) is 2.88. The van der Waals surface area contributed by atoms with Gasteiger partial charge in [-0.1, -0.05) is 36.4 Å². The summed E-state index contributed by atoms with van der Waals surface area (Å²) in [5.41, 5.74) is 1.50. The lowest BCUT2D eigenvalue weighted by Gasteiger charge is -2.18. The van der Waals surface area contributed by atoms with Crippen molar-refractivity contribution < 1.29 is 9.13 Å². The molecule has 1 radical (unpaired) electrons. The molecule has 0 heterocycles. The Morgan fingerprint density at radius 1 is 1.16 bits per heavy atom. The van der Waals surface area contributed by atoms with Crippen molar-refractivity contribution in [2.45, 2.75) is 18.4 Å². The number of halogens is 2. The maximum absolute atomic E-state index is 13.6. The molecule has 0 fully saturated rings. The SMILES string of the molecule is [CH2]C[C@H](Oc1ccc(CCl)c(F)c1)c1ccccc1. The molecule has 0 aliphatic carbocycles. The van der Waals surface area contributed by atoms with Crippen molar-refractivity contribution in [2.75, 3.05) is 0 Å². The van der Waals surface area contributed by atoms with Gasteiger partial charge in [0.05, 0.1) is 5.88 Å². The maximum Gasteiger partial charge on any atom is 0.131 e. The smallest absolute Gasteiger partial charge is 0.131 e. The quantitative estimate of drug-likeness (QED) is 0.706. The average molecular weight is 278 g/mol. The molecule has 0 aliphatic rings. The zero-order chi connectivity index (χ0) is 13.7. The minimum absolute atomic E-state index is 0.156. The molecule has 0 bridgehead atoms. The standard InChI is InChI=1S/C16H15ClFO/c1-2-16(12-6-4-3-5-7-12)19-14-9-8-13(11-17)15(18)10-14/h3-10,16H,1-2,11H2/t16-/m0/s1. The van der Waals surface area contributed by atoms with E-state index in [0.717, 1.165) is 5.56 Å². The van der Waals surface area contributed by atoms with Crippen LogP contribution in [0, 0.1) is 12.7 Å². The summed E-state index contributed by atoms with van der Waals surface area (Å²) >= 11 is 5.62. The van der Waals surface area contributed by atoms with Gasteiger partial charge in [0.1, 0.15) is 17.7 Å². The monoisotopic (exact) mass is 277 g/mol. The second-order valence-corrected chi connectivity index (χ2v) is 4.46. The van der Waals surface area contributed by atoms with Gasteiger partial charge in [0.15, 0.2) is 0 Å². The first-order chi connectivity index (χ1) is 9.24. The van der Waals surface area contributed by atoms with Crippen molar-refractivity contribution in [1.82, 2.24) is 0 Å². The Bertz CT molecular complexity index is 528. The molecular formula is C16H15ClFO. The predicted molar refractivity (Wildman–Crippen MR) is 75.7 cm³/mol. The van der Waals surface area contributed by atoms with Crippen molar-refractivity contribution in [3.8, 4) is 5.75 Å². The van der Waals surface area contributed by atoms with Gasteiger partial charge in [0.2, 0.25) is 0 Å². The van der Waals surface area contributed by atoms with Crippen LogP contribution < -0.4 is 4.74 Å². The molecule has 0 N–H and O–H groups in total. The van der Waals surface area contributed by atoms with Crippen LogP contribution >= 0.6 is 11.6 Å². The van der Waals surface area contributed by atoms with E-state index in [0.29, 0.717) is 17.7 Å². The lowest BCUT2D eigenvalue weighted by Crippen LogP contribution is -2.06. The van der Waals surface area contributed by atoms with Gasteiger partial charge >= 0.3 is 0 Å². The zero-order valence-electron chi connectivity index (χ0n) is 10.5. The Morgan fingerprint density at radius 3 is 2.47 bits per heavy atom. The fraction of sp³-hybridized carbons (Fsp3) is 0.188. The van der Waals surface area contributed by atoms with Crippen LogP contribution in [-0.4, -0.2) is 0 Å². The zero-order valence-corrected chi connectivity index (χ0v) is 11.2. The molecule has 99 valence electrons. The molecule has 2 aromatic carbocycles. The van der Waals surface area contributed by atoms with Gasteiger partial charge < -0.3 is 4.74 Å². The van der Waals surface area contributed by atoms with Gasteiger partial charge in [-0.2, -0.15) is 0 Å². The molecule has 2 aromatic rings. The molecule has 0 amide bonds. The molecule has 0 saturated carbocycles. The molecule has 19 heavy (non-hydrogen) atoms. The normalized spacial score (nSPS) is 12.2. The van der Waals surface area contributed by atoms with E-state index < -0.39 is 0 Å². The fourth-order valence-electron chi connectivity index (χ4n) is 1.84. The third kappa shape index (κ3) is 3.48. The lowest BCUT2D eigenvalue weighted by molar-refractivity contribution is 0.207. The van der Waals surface area contributed by atoms with E-state index in [1.54, 1.807) is 12.1 Å². The van der Waals surface area contributed by atoms with E-state index >= 15 is 0 Å². The van der Waals surface area contributed by atoms with Crippen LogP contribution in [0.3, 0.4) is 0 Å². The van der Waals surface area contributed by atoms with Crippen LogP contribution in [0.5, 0.6) is 5.75 Å². The molecule has 0 aliphatic heterocycles.